The second-order valence-electron chi connectivity index (χ2n) is 3.47. The van der Waals surface area contributed by atoms with Crippen LogP contribution in [0.4, 0.5) is 0 Å². The zero-order chi connectivity index (χ0) is 10.8. The van der Waals surface area contributed by atoms with E-state index in [2.05, 4.69) is 0 Å². The number of hydrogen-bond acceptors (Lipinski definition) is 4. The van der Waals surface area contributed by atoms with Gasteiger partial charge < -0.3 is 5.73 Å². The largest absolute Gasteiger partial charge is 0.369 e. The van der Waals surface area contributed by atoms with Gasteiger partial charge in [0.25, 0.3) is 0 Å². The van der Waals surface area contributed by atoms with Crippen molar-refractivity contribution in [3.63, 3.8) is 0 Å². The van der Waals surface area contributed by atoms with E-state index >= 15 is 0 Å². The van der Waals surface area contributed by atoms with Crippen LogP contribution in [-0.2, 0) is 19.4 Å². The highest BCUT2D eigenvalue weighted by atomic mass is 32.2. The molecule has 1 atom stereocenters. The van der Waals surface area contributed by atoms with Crippen LogP contribution in [0.1, 0.15) is 25.7 Å². The fourth-order valence-corrected chi connectivity index (χ4v) is 3.27. The minimum Gasteiger partial charge on any atom is -0.369 e. The number of hydrogen-bond donors (Lipinski definition) is 1. The fourth-order valence-electron chi connectivity index (χ4n) is 1.63. The first kappa shape index (κ1) is 11.2. The standard InChI is InChI=1S/C8H13NO4S/c9-8(11)5-14(12,13)7-4-2-1-3-6(7)10/h7H,1-5H2,(H2,9,11). The molecule has 0 saturated heterocycles. The number of ketones is 1. The molecule has 1 aliphatic carbocycles. The number of rotatable bonds is 3. The third kappa shape index (κ3) is 2.54. The molecule has 0 bridgehead atoms. The van der Waals surface area contributed by atoms with E-state index in [9.17, 15) is 18.0 Å². The minimum absolute atomic E-state index is 0.280. The van der Waals surface area contributed by atoms with Crippen LogP contribution in [0, 0.1) is 0 Å². The van der Waals surface area contributed by atoms with Crippen LogP contribution in [0.5, 0.6) is 0 Å². The predicted octanol–water partition coefficient (Wildman–Crippen LogP) is -0.602. The number of primary amides is 1. The van der Waals surface area contributed by atoms with Gasteiger partial charge in [-0.2, -0.15) is 0 Å². The Balaban J connectivity index is 2.80. The van der Waals surface area contributed by atoms with Gasteiger partial charge in [-0.15, -0.1) is 0 Å². The van der Waals surface area contributed by atoms with Gasteiger partial charge in [0.15, 0.2) is 15.6 Å². The molecule has 1 rings (SSSR count). The van der Waals surface area contributed by atoms with E-state index in [0.717, 1.165) is 6.42 Å². The Labute approximate surface area is 82.6 Å². The minimum atomic E-state index is -3.66. The van der Waals surface area contributed by atoms with Gasteiger partial charge in [-0.3, -0.25) is 9.59 Å². The van der Waals surface area contributed by atoms with Crippen LogP contribution in [0.2, 0.25) is 0 Å². The highest BCUT2D eigenvalue weighted by Gasteiger charge is 2.34. The van der Waals surface area contributed by atoms with Gasteiger partial charge in [-0.05, 0) is 12.8 Å². The van der Waals surface area contributed by atoms with Crippen LogP contribution < -0.4 is 5.73 Å². The highest BCUT2D eigenvalue weighted by Crippen LogP contribution is 2.21. The van der Waals surface area contributed by atoms with Crippen molar-refractivity contribution in [1.29, 1.82) is 0 Å². The quantitative estimate of drug-likeness (QED) is 0.685. The van der Waals surface area contributed by atoms with Crippen molar-refractivity contribution in [2.45, 2.75) is 30.9 Å². The van der Waals surface area contributed by atoms with Gasteiger partial charge in [-0.1, -0.05) is 6.42 Å². The van der Waals surface area contributed by atoms with E-state index in [1.54, 1.807) is 0 Å². The lowest BCUT2D eigenvalue weighted by Gasteiger charge is -2.19. The molecule has 0 aliphatic heterocycles. The second kappa shape index (κ2) is 4.08. The summed E-state index contributed by atoms with van der Waals surface area (Å²) >= 11 is 0. The lowest BCUT2D eigenvalue weighted by Crippen LogP contribution is -2.38. The second-order valence-corrected chi connectivity index (χ2v) is 5.66. The van der Waals surface area contributed by atoms with Crippen LogP contribution in [0.15, 0.2) is 0 Å². The summed E-state index contributed by atoms with van der Waals surface area (Å²) in [5, 5.41) is -0.997. The molecule has 0 heterocycles. The Morgan fingerprint density at radius 1 is 1.43 bits per heavy atom. The van der Waals surface area contributed by atoms with E-state index in [4.69, 9.17) is 5.73 Å². The Morgan fingerprint density at radius 3 is 2.57 bits per heavy atom. The third-order valence-corrected chi connectivity index (χ3v) is 4.33. The number of amides is 1. The molecule has 0 radical (unpaired) electrons. The van der Waals surface area contributed by atoms with Crippen LogP contribution in [-0.4, -0.2) is 31.1 Å². The summed E-state index contributed by atoms with van der Waals surface area (Å²) in [6.07, 6.45) is 2.08. The maximum Gasteiger partial charge on any atom is 0.232 e. The number of carbonyl (C=O) groups excluding carboxylic acids is 2. The van der Waals surface area contributed by atoms with Gasteiger partial charge in [-0.25, -0.2) is 8.42 Å². The molecule has 1 unspecified atom stereocenters. The average Bonchev–Trinajstić information content (AvgIpc) is 2.02. The van der Waals surface area contributed by atoms with Crippen molar-refractivity contribution >= 4 is 21.5 Å². The first-order valence-electron chi connectivity index (χ1n) is 4.46. The van der Waals surface area contributed by atoms with Crippen molar-refractivity contribution in [2.24, 2.45) is 5.73 Å². The Kier molecular flexibility index (Phi) is 3.25. The smallest absolute Gasteiger partial charge is 0.232 e. The third-order valence-electron chi connectivity index (χ3n) is 2.28. The molecule has 0 aromatic carbocycles. The Hall–Kier alpha value is -0.910. The number of Topliss-reactive ketones (excluding diaryl/α,β-unsaturated/α-hetero) is 1. The molecule has 1 saturated carbocycles. The Morgan fingerprint density at radius 2 is 2.07 bits per heavy atom. The van der Waals surface area contributed by atoms with E-state index in [0.29, 0.717) is 19.3 Å². The van der Waals surface area contributed by atoms with E-state index < -0.39 is 26.7 Å². The number of carbonyl (C=O) groups is 2. The summed E-state index contributed by atoms with van der Waals surface area (Å²) < 4.78 is 23.0. The lowest BCUT2D eigenvalue weighted by molar-refractivity contribution is -0.119. The van der Waals surface area contributed by atoms with Crippen LogP contribution in [0.25, 0.3) is 0 Å². The molecule has 0 spiro atoms. The first-order valence-corrected chi connectivity index (χ1v) is 6.17. The monoisotopic (exact) mass is 219 g/mol. The molecule has 0 aromatic heterocycles. The fraction of sp³-hybridized carbons (Fsp3) is 0.750. The maximum absolute atomic E-state index is 11.5. The zero-order valence-corrected chi connectivity index (χ0v) is 8.55. The van der Waals surface area contributed by atoms with E-state index in [-0.39, 0.29) is 5.78 Å². The summed E-state index contributed by atoms with van der Waals surface area (Å²) in [4.78, 5) is 21.8. The zero-order valence-electron chi connectivity index (χ0n) is 7.73. The van der Waals surface area contributed by atoms with Gasteiger partial charge >= 0.3 is 0 Å². The molecule has 1 aliphatic rings. The van der Waals surface area contributed by atoms with Crippen molar-refractivity contribution in [2.75, 3.05) is 5.75 Å². The highest BCUT2D eigenvalue weighted by molar-refractivity contribution is 7.93. The molecule has 0 aromatic rings. The molecular formula is C8H13NO4S. The van der Waals surface area contributed by atoms with Crippen molar-refractivity contribution in [1.82, 2.24) is 0 Å². The molecule has 14 heavy (non-hydrogen) atoms. The molecule has 1 amide bonds. The summed E-state index contributed by atoms with van der Waals surface area (Å²) in [6, 6.07) is 0. The van der Waals surface area contributed by atoms with Crippen molar-refractivity contribution < 1.29 is 18.0 Å². The summed E-state index contributed by atoms with van der Waals surface area (Å²) in [5.74, 6) is -1.90. The predicted molar refractivity (Wildman–Crippen MR) is 50.2 cm³/mol. The lowest BCUT2D eigenvalue weighted by atomic mass is 9.99. The van der Waals surface area contributed by atoms with Crippen LogP contribution >= 0.6 is 0 Å². The number of sulfone groups is 1. The SMILES string of the molecule is NC(=O)CS(=O)(=O)C1CCCCC1=O. The summed E-state index contributed by atoms with van der Waals surface area (Å²) in [5.41, 5.74) is 4.80. The van der Waals surface area contributed by atoms with E-state index in [1.807, 2.05) is 0 Å². The summed E-state index contributed by atoms with van der Waals surface area (Å²) in [6.45, 7) is 0. The maximum atomic E-state index is 11.5. The Bertz CT molecular complexity index is 346. The van der Waals surface area contributed by atoms with Crippen molar-refractivity contribution in [3.8, 4) is 0 Å². The summed E-state index contributed by atoms with van der Waals surface area (Å²) in [7, 11) is -3.66. The molecule has 2 N–H and O–H groups in total. The van der Waals surface area contributed by atoms with Crippen molar-refractivity contribution in [3.05, 3.63) is 0 Å². The topological polar surface area (TPSA) is 94.3 Å². The van der Waals surface area contributed by atoms with Gasteiger partial charge in [0, 0.05) is 6.42 Å². The molecule has 5 nitrogen and oxygen atoms in total. The van der Waals surface area contributed by atoms with Gasteiger partial charge in [0.1, 0.15) is 11.0 Å². The molecule has 80 valence electrons. The van der Waals surface area contributed by atoms with Gasteiger partial charge in [0.2, 0.25) is 5.91 Å². The molecule has 1 fully saturated rings. The van der Waals surface area contributed by atoms with E-state index in [1.165, 1.54) is 0 Å². The normalized spacial score (nSPS) is 23.4. The average molecular weight is 219 g/mol. The van der Waals surface area contributed by atoms with Crippen LogP contribution in [0.3, 0.4) is 0 Å². The first-order chi connectivity index (χ1) is 6.43. The number of nitrogens with two attached hydrogens (primary N) is 1. The molecular weight excluding hydrogens is 206 g/mol. The molecule has 6 heteroatoms. The van der Waals surface area contributed by atoms with Gasteiger partial charge in [0.05, 0.1) is 0 Å².